The molecule has 0 bridgehead atoms. The van der Waals surface area contributed by atoms with Gasteiger partial charge in [-0.25, -0.2) is 0 Å². The molecule has 0 heterocycles. The van der Waals surface area contributed by atoms with Crippen LogP contribution in [0.4, 0.5) is 0 Å². The van der Waals surface area contributed by atoms with E-state index in [1.165, 1.54) is 244 Å². The van der Waals surface area contributed by atoms with Crippen molar-refractivity contribution >= 4 is 5.97 Å². The van der Waals surface area contributed by atoms with Crippen LogP contribution in [0.5, 0.6) is 11.5 Å². The van der Waals surface area contributed by atoms with E-state index in [4.69, 9.17) is 9.47 Å². The summed E-state index contributed by atoms with van der Waals surface area (Å²) in [7, 11) is 0. The molecular weight excluding hydrogens is 689 g/mol. The number of hydrogen-bond donors (Lipinski definition) is 1. The minimum atomic E-state index is -0.823. The Morgan fingerprint density at radius 3 is 0.786 bits per heavy atom. The molecule has 56 heavy (non-hydrogen) atoms. The lowest BCUT2D eigenvalue weighted by molar-refractivity contribution is -0.136. The van der Waals surface area contributed by atoms with E-state index in [9.17, 15) is 9.90 Å². The van der Waals surface area contributed by atoms with Gasteiger partial charge in [0.15, 0.2) is 0 Å². The van der Waals surface area contributed by atoms with Crippen molar-refractivity contribution in [3.8, 4) is 11.5 Å². The maximum Gasteiger partial charge on any atom is 0.307 e. The Hall–Kier alpha value is -1.71. The third kappa shape index (κ3) is 37.8. The fourth-order valence-electron chi connectivity index (χ4n) is 8.17. The van der Waals surface area contributed by atoms with Gasteiger partial charge in [-0.15, -0.1) is 0 Å². The van der Waals surface area contributed by atoms with Crippen LogP contribution in [0.15, 0.2) is 18.2 Å². The third-order valence-electron chi connectivity index (χ3n) is 11.8. The van der Waals surface area contributed by atoms with Gasteiger partial charge in [0.05, 0.1) is 19.6 Å². The van der Waals surface area contributed by atoms with Crippen molar-refractivity contribution in [1.82, 2.24) is 0 Å². The minimum Gasteiger partial charge on any atom is -0.493 e. The van der Waals surface area contributed by atoms with Crippen molar-refractivity contribution in [3.63, 3.8) is 0 Å². The number of aliphatic carboxylic acids is 1. The topological polar surface area (TPSA) is 55.8 Å². The molecule has 0 aliphatic rings. The lowest BCUT2D eigenvalue weighted by Crippen LogP contribution is -2.04. The first-order chi connectivity index (χ1) is 27.7. The van der Waals surface area contributed by atoms with Crippen molar-refractivity contribution in [3.05, 3.63) is 23.8 Å². The predicted molar refractivity (Wildman–Crippen MR) is 245 cm³/mol. The van der Waals surface area contributed by atoms with E-state index in [2.05, 4.69) is 13.8 Å². The summed E-state index contributed by atoms with van der Waals surface area (Å²) < 4.78 is 12.2. The fourth-order valence-corrected chi connectivity index (χ4v) is 8.17. The monoisotopic (exact) mass is 785 g/mol. The quantitative estimate of drug-likeness (QED) is 0.0669. The molecule has 0 atom stereocenters. The Labute approximate surface area is 349 Å². The van der Waals surface area contributed by atoms with Gasteiger partial charge in [0.2, 0.25) is 0 Å². The molecule has 0 amide bonds. The molecule has 1 N–H and O–H groups in total. The van der Waals surface area contributed by atoms with Crippen LogP contribution in [-0.4, -0.2) is 24.3 Å². The molecule has 0 radical (unpaired) electrons. The van der Waals surface area contributed by atoms with E-state index in [-0.39, 0.29) is 6.42 Å². The highest BCUT2D eigenvalue weighted by Crippen LogP contribution is 2.25. The van der Waals surface area contributed by atoms with Gasteiger partial charge >= 0.3 is 5.97 Å². The second-order valence-electron chi connectivity index (χ2n) is 17.5. The van der Waals surface area contributed by atoms with Crippen LogP contribution in [0.3, 0.4) is 0 Å². The third-order valence-corrected chi connectivity index (χ3v) is 11.8. The molecule has 0 aromatic heterocycles. The van der Waals surface area contributed by atoms with Crippen LogP contribution in [0.25, 0.3) is 0 Å². The van der Waals surface area contributed by atoms with Crippen LogP contribution in [-0.2, 0) is 11.2 Å². The molecule has 0 saturated carbocycles. The van der Waals surface area contributed by atoms with Crippen molar-refractivity contribution in [2.75, 3.05) is 13.2 Å². The number of hydrogen-bond acceptors (Lipinski definition) is 3. The lowest BCUT2D eigenvalue weighted by Gasteiger charge is -2.12. The minimum absolute atomic E-state index is 0.00776. The maximum atomic E-state index is 11.4. The Morgan fingerprint density at radius 1 is 0.357 bits per heavy atom. The second kappa shape index (κ2) is 42.9. The first kappa shape index (κ1) is 52.3. The number of benzene rings is 1. The smallest absolute Gasteiger partial charge is 0.307 e. The molecule has 1 aromatic carbocycles. The number of ether oxygens (including phenoxy) is 2. The molecule has 0 aliphatic heterocycles. The van der Waals surface area contributed by atoms with Crippen molar-refractivity contribution in [1.29, 1.82) is 0 Å². The van der Waals surface area contributed by atoms with Crippen LogP contribution in [0.2, 0.25) is 0 Å². The van der Waals surface area contributed by atoms with Gasteiger partial charge in [-0.1, -0.05) is 258 Å². The van der Waals surface area contributed by atoms with Gasteiger partial charge in [-0.2, -0.15) is 0 Å². The van der Waals surface area contributed by atoms with E-state index in [0.717, 1.165) is 29.9 Å². The normalized spacial score (nSPS) is 11.4. The predicted octanol–water partition coefficient (Wildman–Crippen LogP) is 17.7. The average molecular weight is 785 g/mol. The standard InChI is InChI=1S/C52H96O4/c1-3-5-7-9-11-13-15-17-19-21-23-25-27-29-31-33-35-37-39-41-43-55-50-45-49(47-52(53)54)46-51(48-50)56-44-42-40-38-36-34-32-30-28-26-24-22-20-18-16-14-12-10-8-6-4-2/h45-46,48H,3-44,47H2,1-2H3,(H,53,54). The van der Waals surface area contributed by atoms with Crippen LogP contribution in [0, 0.1) is 0 Å². The first-order valence-electron chi connectivity index (χ1n) is 25.3. The number of unbranched alkanes of at least 4 members (excludes halogenated alkanes) is 38. The van der Waals surface area contributed by atoms with Crippen molar-refractivity contribution < 1.29 is 19.4 Å². The van der Waals surface area contributed by atoms with Gasteiger partial charge in [0, 0.05) is 6.07 Å². The highest BCUT2D eigenvalue weighted by atomic mass is 16.5. The largest absolute Gasteiger partial charge is 0.493 e. The number of rotatable bonds is 46. The molecule has 4 nitrogen and oxygen atoms in total. The SMILES string of the molecule is CCCCCCCCCCCCCCCCCCCCCCOc1cc(CC(=O)O)cc(OCCCCCCCCCCCCCCCCCCCCCC)c1. The number of carboxylic acid groups (broad SMARTS) is 1. The molecule has 0 spiro atoms. The summed E-state index contributed by atoms with van der Waals surface area (Å²) >= 11 is 0. The summed E-state index contributed by atoms with van der Waals surface area (Å²) in [6, 6.07) is 5.68. The second-order valence-corrected chi connectivity index (χ2v) is 17.5. The Bertz CT molecular complexity index is 881. The molecule has 0 aliphatic carbocycles. The summed E-state index contributed by atoms with van der Waals surface area (Å²) in [6.07, 6.45) is 55.2. The highest BCUT2D eigenvalue weighted by Gasteiger charge is 2.08. The zero-order valence-corrected chi connectivity index (χ0v) is 37.8. The summed E-state index contributed by atoms with van der Waals surface area (Å²) in [5.41, 5.74) is 0.747. The molecule has 328 valence electrons. The van der Waals surface area contributed by atoms with Gasteiger partial charge in [0.25, 0.3) is 0 Å². The van der Waals surface area contributed by atoms with Crippen LogP contribution < -0.4 is 9.47 Å². The highest BCUT2D eigenvalue weighted by molar-refractivity contribution is 5.70. The molecule has 0 fully saturated rings. The van der Waals surface area contributed by atoms with E-state index in [1.807, 2.05) is 18.2 Å². The van der Waals surface area contributed by atoms with E-state index in [0.29, 0.717) is 13.2 Å². The van der Waals surface area contributed by atoms with E-state index in [1.54, 1.807) is 0 Å². The number of carbonyl (C=O) groups is 1. The molecular formula is C52H96O4. The summed E-state index contributed by atoms with van der Waals surface area (Å²) in [6.45, 7) is 5.94. The van der Waals surface area contributed by atoms with E-state index >= 15 is 0 Å². The Morgan fingerprint density at radius 2 is 0.571 bits per heavy atom. The molecule has 0 unspecified atom stereocenters. The van der Waals surface area contributed by atoms with Crippen molar-refractivity contribution in [2.45, 2.75) is 277 Å². The van der Waals surface area contributed by atoms with Crippen molar-refractivity contribution in [2.24, 2.45) is 0 Å². The number of carboxylic acids is 1. The van der Waals surface area contributed by atoms with E-state index < -0.39 is 5.97 Å². The lowest BCUT2D eigenvalue weighted by atomic mass is 10.0. The Kier molecular flexibility index (Phi) is 40.1. The van der Waals surface area contributed by atoms with Crippen LogP contribution in [0.1, 0.15) is 276 Å². The molecule has 1 rings (SSSR count). The summed E-state index contributed by atoms with van der Waals surface area (Å²) in [4.78, 5) is 11.4. The van der Waals surface area contributed by atoms with Gasteiger partial charge in [-0.3, -0.25) is 4.79 Å². The van der Waals surface area contributed by atoms with Gasteiger partial charge in [-0.05, 0) is 30.5 Å². The summed E-state index contributed by atoms with van der Waals surface area (Å²) in [5, 5.41) is 9.38. The fraction of sp³-hybridized carbons (Fsp3) is 0.865. The zero-order valence-electron chi connectivity index (χ0n) is 37.8. The Balaban J connectivity index is 1.98. The zero-order chi connectivity index (χ0) is 40.3. The van der Waals surface area contributed by atoms with Gasteiger partial charge in [0.1, 0.15) is 11.5 Å². The molecule has 4 heteroatoms. The van der Waals surface area contributed by atoms with Gasteiger partial charge < -0.3 is 14.6 Å². The maximum absolute atomic E-state index is 11.4. The summed E-state index contributed by atoms with van der Waals surface area (Å²) in [5.74, 6) is 0.649. The molecule has 1 aromatic rings. The molecule has 0 saturated heterocycles. The average Bonchev–Trinajstić information content (AvgIpc) is 3.18. The van der Waals surface area contributed by atoms with Crippen LogP contribution >= 0.6 is 0 Å². The first-order valence-corrected chi connectivity index (χ1v) is 25.3.